The van der Waals surface area contributed by atoms with Crippen molar-refractivity contribution in [2.24, 2.45) is 5.41 Å². The fourth-order valence-electron chi connectivity index (χ4n) is 1.64. The Morgan fingerprint density at radius 2 is 1.95 bits per heavy atom. The number of benzene rings is 1. The maximum Gasteiger partial charge on any atom is 0.254 e. The summed E-state index contributed by atoms with van der Waals surface area (Å²) in [5.74, 6) is -1.23. The third-order valence-electron chi connectivity index (χ3n) is 2.97. The van der Waals surface area contributed by atoms with Crippen molar-refractivity contribution in [1.82, 2.24) is 10.6 Å². The van der Waals surface area contributed by atoms with E-state index in [2.05, 4.69) is 10.6 Å². The predicted molar refractivity (Wildman–Crippen MR) is 71.3 cm³/mol. The fraction of sp³-hybridized carbons (Fsp3) is 0.429. The summed E-state index contributed by atoms with van der Waals surface area (Å²) in [6, 6.07) is 4.64. The molecule has 19 heavy (non-hydrogen) atoms. The van der Waals surface area contributed by atoms with Crippen LogP contribution < -0.4 is 10.6 Å². The van der Waals surface area contributed by atoms with Gasteiger partial charge in [0.15, 0.2) is 0 Å². The molecule has 0 saturated carbocycles. The molecule has 0 bridgehead atoms. The smallest absolute Gasteiger partial charge is 0.254 e. The summed E-state index contributed by atoms with van der Waals surface area (Å²) < 4.78 is 13.8. The lowest BCUT2D eigenvalue weighted by molar-refractivity contribution is -0.128. The summed E-state index contributed by atoms with van der Waals surface area (Å²) >= 11 is 0. The number of carbonyl (C=O) groups is 2. The SMILES string of the molecule is CNC(=O)C(C)(C)CNC(=O)c1cccc(C)c1F. The first kappa shape index (κ1) is 15.1. The van der Waals surface area contributed by atoms with E-state index in [0.717, 1.165) is 0 Å². The van der Waals surface area contributed by atoms with E-state index in [9.17, 15) is 14.0 Å². The lowest BCUT2D eigenvalue weighted by atomic mass is 9.92. The summed E-state index contributed by atoms with van der Waals surface area (Å²) in [6.07, 6.45) is 0. The van der Waals surface area contributed by atoms with Crippen LogP contribution in [0.25, 0.3) is 0 Å². The minimum atomic E-state index is -0.745. The monoisotopic (exact) mass is 266 g/mol. The molecule has 2 N–H and O–H groups in total. The Bertz CT molecular complexity index is 498. The minimum absolute atomic E-state index is 0.00675. The molecule has 0 saturated heterocycles. The lowest BCUT2D eigenvalue weighted by Crippen LogP contribution is -2.43. The Hall–Kier alpha value is -1.91. The number of rotatable bonds is 4. The van der Waals surface area contributed by atoms with E-state index >= 15 is 0 Å². The Morgan fingerprint density at radius 3 is 2.53 bits per heavy atom. The number of nitrogens with one attached hydrogen (secondary N) is 2. The van der Waals surface area contributed by atoms with Crippen LogP contribution in [0.2, 0.25) is 0 Å². The molecule has 104 valence electrons. The van der Waals surface area contributed by atoms with Gasteiger partial charge in [-0.25, -0.2) is 4.39 Å². The van der Waals surface area contributed by atoms with E-state index in [0.29, 0.717) is 5.56 Å². The summed E-state index contributed by atoms with van der Waals surface area (Å²) in [7, 11) is 1.53. The normalized spacial score (nSPS) is 11.0. The summed E-state index contributed by atoms with van der Waals surface area (Å²) in [6.45, 7) is 5.15. The standard InChI is InChI=1S/C14H19FN2O2/c1-9-6-5-7-10(11(9)15)12(18)17-8-14(2,3)13(19)16-4/h5-7H,8H2,1-4H3,(H,16,19)(H,17,18). The first-order valence-corrected chi connectivity index (χ1v) is 6.05. The number of aryl methyl sites for hydroxylation is 1. The van der Waals surface area contributed by atoms with Crippen molar-refractivity contribution in [1.29, 1.82) is 0 Å². The zero-order valence-corrected chi connectivity index (χ0v) is 11.6. The first-order valence-electron chi connectivity index (χ1n) is 6.05. The number of carbonyl (C=O) groups excluding carboxylic acids is 2. The van der Waals surface area contributed by atoms with Crippen molar-refractivity contribution < 1.29 is 14.0 Å². The van der Waals surface area contributed by atoms with Gasteiger partial charge in [0.25, 0.3) is 5.91 Å². The van der Waals surface area contributed by atoms with E-state index < -0.39 is 17.1 Å². The van der Waals surface area contributed by atoms with E-state index in [1.165, 1.54) is 13.1 Å². The second-order valence-electron chi connectivity index (χ2n) is 5.08. The van der Waals surface area contributed by atoms with E-state index in [-0.39, 0.29) is 18.0 Å². The van der Waals surface area contributed by atoms with E-state index in [4.69, 9.17) is 0 Å². The van der Waals surface area contributed by atoms with Crippen molar-refractivity contribution in [3.8, 4) is 0 Å². The van der Waals surface area contributed by atoms with Gasteiger partial charge in [-0.05, 0) is 32.4 Å². The van der Waals surface area contributed by atoms with Crippen LogP contribution in [-0.4, -0.2) is 25.4 Å². The van der Waals surface area contributed by atoms with Gasteiger partial charge >= 0.3 is 0 Å². The van der Waals surface area contributed by atoms with Crippen LogP contribution in [0.1, 0.15) is 29.8 Å². The minimum Gasteiger partial charge on any atom is -0.359 e. The second kappa shape index (κ2) is 5.82. The Balaban J connectivity index is 2.76. The molecule has 1 aromatic rings. The zero-order chi connectivity index (χ0) is 14.6. The molecule has 1 aromatic carbocycles. The molecule has 1 rings (SSSR count). The van der Waals surface area contributed by atoms with Crippen LogP contribution >= 0.6 is 0 Å². The van der Waals surface area contributed by atoms with Crippen LogP contribution in [0.15, 0.2) is 18.2 Å². The zero-order valence-electron chi connectivity index (χ0n) is 11.6. The van der Waals surface area contributed by atoms with Crippen molar-refractivity contribution in [3.63, 3.8) is 0 Å². The van der Waals surface area contributed by atoms with Gasteiger partial charge in [0, 0.05) is 13.6 Å². The van der Waals surface area contributed by atoms with Crippen LogP contribution in [0, 0.1) is 18.2 Å². The number of halogens is 1. The molecular weight excluding hydrogens is 247 g/mol. The fourth-order valence-corrected chi connectivity index (χ4v) is 1.64. The van der Waals surface area contributed by atoms with Gasteiger partial charge in [0.2, 0.25) is 5.91 Å². The third kappa shape index (κ3) is 3.53. The maximum atomic E-state index is 13.8. The largest absolute Gasteiger partial charge is 0.359 e. The number of amides is 2. The summed E-state index contributed by atoms with van der Waals surface area (Å²) in [5.41, 5.74) is -0.337. The topological polar surface area (TPSA) is 58.2 Å². The highest BCUT2D eigenvalue weighted by molar-refractivity contribution is 5.95. The van der Waals surface area contributed by atoms with Gasteiger partial charge in [0.1, 0.15) is 5.82 Å². The molecule has 0 aliphatic rings. The van der Waals surface area contributed by atoms with Crippen molar-refractivity contribution >= 4 is 11.8 Å². The van der Waals surface area contributed by atoms with Gasteiger partial charge < -0.3 is 10.6 Å². The molecule has 0 heterocycles. The first-order chi connectivity index (χ1) is 8.79. The lowest BCUT2D eigenvalue weighted by Gasteiger charge is -2.22. The molecule has 0 aliphatic heterocycles. The Morgan fingerprint density at radius 1 is 1.32 bits per heavy atom. The van der Waals surface area contributed by atoms with Gasteiger partial charge in [-0.1, -0.05) is 12.1 Å². The second-order valence-corrected chi connectivity index (χ2v) is 5.08. The van der Waals surface area contributed by atoms with Gasteiger partial charge in [-0.2, -0.15) is 0 Å². The molecule has 0 aliphatic carbocycles. The highest BCUT2D eigenvalue weighted by Gasteiger charge is 2.27. The number of hydrogen-bond donors (Lipinski definition) is 2. The van der Waals surface area contributed by atoms with Crippen LogP contribution in [0.5, 0.6) is 0 Å². The maximum absolute atomic E-state index is 13.8. The Labute approximate surface area is 112 Å². The van der Waals surface area contributed by atoms with Gasteiger partial charge in [0.05, 0.1) is 11.0 Å². The molecule has 5 heteroatoms. The molecule has 0 aromatic heterocycles. The molecule has 0 unspecified atom stereocenters. The molecule has 0 spiro atoms. The highest BCUT2D eigenvalue weighted by atomic mass is 19.1. The highest BCUT2D eigenvalue weighted by Crippen LogP contribution is 2.15. The quantitative estimate of drug-likeness (QED) is 0.870. The molecule has 0 fully saturated rings. The van der Waals surface area contributed by atoms with E-state index in [1.54, 1.807) is 32.9 Å². The molecule has 4 nitrogen and oxygen atoms in total. The molecule has 2 amide bonds. The van der Waals surface area contributed by atoms with E-state index in [1.807, 2.05) is 0 Å². The van der Waals surface area contributed by atoms with Crippen molar-refractivity contribution in [2.45, 2.75) is 20.8 Å². The van der Waals surface area contributed by atoms with Crippen molar-refractivity contribution in [3.05, 3.63) is 35.1 Å². The Kier molecular flexibility index (Phi) is 4.64. The van der Waals surface area contributed by atoms with Crippen LogP contribution in [0.4, 0.5) is 4.39 Å². The van der Waals surface area contributed by atoms with Crippen molar-refractivity contribution in [2.75, 3.05) is 13.6 Å². The third-order valence-corrected chi connectivity index (χ3v) is 2.97. The molecule has 0 atom stereocenters. The predicted octanol–water partition coefficient (Wildman–Crippen LogP) is 1.64. The van der Waals surface area contributed by atoms with Crippen LogP contribution in [0.3, 0.4) is 0 Å². The average molecular weight is 266 g/mol. The summed E-state index contributed by atoms with van der Waals surface area (Å²) in [4.78, 5) is 23.5. The van der Waals surface area contributed by atoms with Crippen LogP contribution in [-0.2, 0) is 4.79 Å². The van der Waals surface area contributed by atoms with Gasteiger partial charge in [-0.3, -0.25) is 9.59 Å². The average Bonchev–Trinajstić information content (AvgIpc) is 2.38. The summed E-state index contributed by atoms with van der Waals surface area (Å²) in [5, 5.41) is 5.11. The molecular formula is C14H19FN2O2. The number of hydrogen-bond acceptors (Lipinski definition) is 2. The van der Waals surface area contributed by atoms with Gasteiger partial charge in [-0.15, -0.1) is 0 Å². The molecule has 0 radical (unpaired) electrons.